The van der Waals surface area contributed by atoms with Crippen molar-refractivity contribution in [2.24, 2.45) is 11.0 Å². The Bertz CT molecular complexity index is 673. The van der Waals surface area contributed by atoms with Crippen molar-refractivity contribution in [2.75, 3.05) is 0 Å². The summed E-state index contributed by atoms with van der Waals surface area (Å²) in [6, 6.07) is 11.5. The zero-order chi connectivity index (χ0) is 15.4. The van der Waals surface area contributed by atoms with Crippen LogP contribution >= 0.6 is 0 Å². The lowest BCUT2D eigenvalue weighted by atomic mass is 9.89. The lowest BCUT2D eigenvalue weighted by molar-refractivity contribution is 0.0954. The number of carbonyl (C=O) groups excluding carboxylic acids is 1. The summed E-state index contributed by atoms with van der Waals surface area (Å²) in [5.74, 6) is 0.506. The molecule has 1 aliphatic carbocycles. The molecule has 1 amide bonds. The maximum atomic E-state index is 12.5. The zero-order valence-corrected chi connectivity index (χ0v) is 12.8. The number of hydrazone groups is 1. The Kier molecular flexibility index (Phi) is 4.37. The van der Waals surface area contributed by atoms with Crippen molar-refractivity contribution in [1.29, 1.82) is 0 Å². The number of nitrogens with one attached hydrogen (secondary N) is 1. The van der Waals surface area contributed by atoms with Crippen LogP contribution in [0.15, 0.2) is 53.9 Å². The van der Waals surface area contributed by atoms with Crippen molar-refractivity contribution >= 4 is 11.6 Å². The highest BCUT2D eigenvalue weighted by Crippen LogP contribution is 2.21. The van der Waals surface area contributed by atoms with Gasteiger partial charge < -0.3 is 4.57 Å². The van der Waals surface area contributed by atoms with Crippen LogP contribution in [0.1, 0.15) is 43.0 Å². The molecule has 0 saturated heterocycles. The molecular formula is C18H21N3O. The lowest BCUT2D eigenvalue weighted by Gasteiger charge is -2.19. The van der Waals surface area contributed by atoms with Gasteiger partial charge >= 0.3 is 0 Å². The van der Waals surface area contributed by atoms with E-state index in [0.717, 1.165) is 30.7 Å². The third-order valence-electron chi connectivity index (χ3n) is 4.09. The largest absolute Gasteiger partial charge is 0.323 e. The molecule has 1 aliphatic rings. The molecule has 1 unspecified atom stereocenters. The maximum Gasteiger partial charge on any atom is 0.273 e. The number of aromatic nitrogens is 1. The minimum atomic E-state index is -0.157. The Morgan fingerprint density at radius 1 is 1.23 bits per heavy atom. The fraction of sp³-hybridized carbons (Fsp3) is 0.333. The lowest BCUT2D eigenvalue weighted by Crippen LogP contribution is -2.23. The molecule has 0 bridgehead atoms. The predicted molar refractivity (Wildman–Crippen MR) is 88.3 cm³/mol. The molecule has 0 spiro atoms. The van der Waals surface area contributed by atoms with Gasteiger partial charge in [0, 0.05) is 18.1 Å². The number of benzene rings is 1. The summed E-state index contributed by atoms with van der Waals surface area (Å²) in [4.78, 5) is 12.5. The van der Waals surface area contributed by atoms with Gasteiger partial charge in [-0.3, -0.25) is 4.79 Å². The first-order valence-corrected chi connectivity index (χ1v) is 7.82. The molecule has 4 heteroatoms. The first-order chi connectivity index (χ1) is 10.7. The molecule has 1 atom stereocenters. The highest BCUT2D eigenvalue weighted by atomic mass is 16.2. The maximum absolute atomic E-state index is 12.5. The van der Waals surface area contributed by atoms with Crippen LogP contribution < -0.4 is 5.43 Å². The first-order valence-electron chi connectivity index (χ1n) is 7.82. The third kappa shape index (κ3) is 3.27. The molecule has 1 N–H and O–H groups in total. The number of hydrogen-bond donors (Lipinski definition) is 1. The number of rotatable bonds is 3. The van der Waals surface area contributed by atoms with Crippen LogP contribution in [-0.4, -0.2) is 16.2 Å². The van der Waals surface area contributed by atoms with E-state index in [9.17, 15) is 4.79 Å². The fourth-order valence-electron chi connectivity index (χ4n) is 2.94. The van der Waals surface area contributed by atoms with Gasteiger partial charge in [-0.2, -0.15) is 5.10 Å². The monoisotopic (exact) mass is 295 g/mol. The van der Waals surface area contributed by atoms with Gasteiger partial charge in [0.2, 0.25) is 0 Å². The standard InChI is InChI=1S/C18H21N3O/c1-14-7-6-8-15(13-14)19-20-18(22)16-9-2-3-10-17(16)21-11-4-5-12-21/h2-5,9-12,14H,6-8,13H2,1H3,(H,20,22). The number of carbonyl (C=O) groups is 1. The van der Waals surface area contributed by atoms with E-state index in [2.05, 4.69) is 17.5 Å². The average molecular weight is 295 g/mol. The number of amides is 1. The van der Waals surface area contributed by atoms with Crippen LogP contribution in [0.2, 0.25) is 0 Å². The van der Waals surface area contributed by atoms with E-state index < -0.39 is 0 Å². The van der Waals surface area contributed by atoms with E-state index in [1.165, 1.54) is 6.42 Å². The fourth-order valence-corrected chi connectivity index (χ4v) is 2.94. The number of hydrogen-bond acceptors (Lipinski definition) is 2. The van der Waals surface area contributed by atoms with Crippen molar-refractivity contribution in [3.8, 4) is 5.69 Å². The zero-order valence-electron chi connectivity index (χ0n) is 12.8. The number of para-hydroxylation sites is 1. The highest BCUT2D eigenvalue weighted by Gasteiger charge is 2.15. The van der Waals surface area contributed by atoms with Crippen LogP contribution in [-0.2, 0) is 0 Å². The Hall–Kier alpha value is -2.36. The summed E-state index contributed by atoms with van der Waals surface area (Å²) in [6.07, 6.45) is 8.25. The molecule has 1 heterocycles. The molecule has 2 aromatic rings. The van der Waals surface area contributed by atoms with Crippen molar-refractivity contribution in [1.82, 2.24) is 9.99 Å². The van der Waals surface area contributed by atoms with Gasteiger partial charge in [-0.1, -0.05) is 19.1 Å². The molecule has 4 nitrogen and oxygen atoms in total. The van der Waals surface area contributed by atoms with Crippen LogP contribution in [0.5, 0.6) is 0 Å². The second-order valence-electron chi connectivity index (χ2n) is 5.93. The normalized spacial score (nSPS) is 20.0. The minimum absolute atomic E-state index is 0.157. The van der Waals surface area contributed by atoms with Gasteiger partial charge in [0.25, 0.3) is 5.91 Å². The smallest absolute Gasteiger partial charge is 0.273 e. The predicted octanol–water partition coefficient (Wildman–Crippen LogP) is 3.77. The van der Waals surface area contributed by atoms with Crippen LogP contribution in [0, 0.1) is 5.92 Å². The van der Waals surface area contributed by atoms with Crippen LogP contribution in [0.25, 0.3) is 5.69 Å². The summed E-state index contributed by atoms with van der Waals surface area (Å²) in [7, 11) is 0. The third-order valence-corrected chi connectivity index (χ3v) is 4.09. The molecule has 1 aromatic carbocycles. The molecule has 0 radical (unpaired) electrons. The van der Waals surface area contributed by atoms with Gasteiger partial charge in [-0.15, -0.1) is 0 Å². The summed E-state index contributed by atoms with van der Waals surface area (Å²) >= 11 is 0. The molecule has 22 heavy (non-hydrogen) atoms. The first kappa shape index (κ1) is 14.6. The van der Waals surface area contributed by atoms with E-state index in [4.69, 9.17) is 0 Å². The summed E-state index contributed by atoms with van der Waals surface area (Å²) in [5.41, 5.74) is 5.32. The SMILES string of the molecule is CC1CCCC(=NNC(=O)c2ccccc2-n2cccc2)C1. The topological polar surface area (TPSA) is 46.4 Å². The van der Waals surface area contributed by atoms with E-state index in [1.807, 2.05) is 53.4 Å². The number of nitrogens with zero attached hydrogens (tertiary/aromatic N) is 2. The van der Waals surface area contributed by atoms with Gasteiger partial charge in [0.15, 0.2) is 0 Å². The molecular weight excluding hydrogens is 274 g/mol. The van der Waals surface area contributed by atoms with Crippen molar-refractivity contribution in [3.63, 3.8) is 0 Å². The molecule has 3 rings (SSSR count). The molecule has 0 aliphatic heterocycles. The Morgan fingerprint density at radius 3 is 2.77 bits per heavy atom. The second kappa shape index (κ2) is 6.60. The van der Waals surface area contributed by atoms with Crippen molar-refractivity contribution in [3.05, 3.63) is 54.4 Å². The summed E-state index contributed by atoms with van der Waals surface area (Å²) < 4.78 is 1.94. The summed E-state index contributed by atoms with van der Waals surface area (Å²) in [6.45, 7) is 2.23. The Labute approximate surface area is 130 Å². The van der Waals surface area contributed by atoms with Gasteiger partial charge in [0.05, 0.1) is 11.3 Å². The van der Waals surface area contributed by atoms with Gasteiger partial charge in [-0.25, -0.2) is 5.43 Å². The molecule has 1 aromatic heterocycles. The van der Waals surface area contributed by atoms with Gasteiger partial charge in [-0.05, 0) is 55.9 Å². The summed E-state index contributed by atoms with van der Waals surface area (Å²) in [5, 5.41) is 4.34. The quantitative estimate of drug-likeness (QED) is 0.861. The van der Waals surface area contributed by atoms with Crippen LogP contribution in [0.4, 0.5) is 0 Å². The Morgan fingerprint density at radius 2 is 2.00 bits per heavy atom. The van der Waals surface area contributed by atoms with E-state index in [0.29, 0.717) is 11.5 Å². The van der Waals surface area contributed by atoms with Crippen molar-refractivity contribution in [2.45, 2.75) is 32.6 Å². The molecule has 114 valence electrons. The minimum Gasteiger partial charge on any atom is -0.323 e. The van der Waals surface area contributed by atoms with E-state index >= 15 is 0 Å². The van der Waals surface area contributed by atoms with Crippen molar-refractivity contribution < 1.29 is 4.79 Å². The highest BCUT2D eigenvalue weighted by molar-refractivity contribution is 5.98. The second-order valence-corrected chi connectivity index (χ2v) is 5.93. The van der Waals surface area contributed by atoms with Crippen LogP contribution in [0.3, 0.4) is 0 Å². The van der Waals surface area contributed by atoms with Gasteiger partial charge in [0.1, 0.15) is 0 Å². The van der Waals surface area contributed by atoms with E-state index in [1.54, 1.807) is 0 Å². The molecule has 1 fully saturated rings. The average Bonchev–Trinajstić information content (AvgIpc) is 3.07. The molecule has 1 saturated carbocycles. The van der Waals surface area contributed by atoms with E-state index in [-0.39, 0.29) is 5.91 Å². The Balaban J connectivity index is 1.77.